The van der Waals surface area contributed by atoms with E-state index < -0.39 is 0 Å². The minimum Gasteiger partial charge on any atom is -0.381 e. The number of nitrogens with one attached hydrogen (secondary N) is 1. The zero-order valence-corrected chi connectivity index (χ0v) is 12.5. The van der Waals surface area contributed by atoms with Crippen molar-refractivity contribution in [2.24, 2.45) is 13.0 Å². The fourth-order valence-corrected chi connectivity index (χ4v) is 2.49. The van der Waals surface area contributed by atoms with Crippen LogP contribution in [0.3, 0.4) is 0 Å². The lowest BCUT2D eigenvalue weighted by Crippen LogP contribution is -2.30. The van der Waals surface area contributed by atoms with E-state index in [-0.39, 0.29) is 5.91 Å². The average Bonchev–Trinajstić information content (AvgIpc) is 3.06. The zero-order chi connectivity index (χ0) is 14.4. The Labute approximate surface area is 120 Å². The third-order valence-corrected chi connectivity index (χ3v) is 3.77. The highest BCUT2D eigenvalue weighted by molar-refractivity contribution is 5.92. The highest BCUT2D eigenvalue weighted by Gasteiger charge is 2.18. The van der Waals surface area contributed by atoms with Crippen LogP contribution in [0.15, 0.2) is 6.07 Å². The number of rotatable bonds is 7. The molecular weight excluding hydrogens is 254 g/mol. The van der Waals surface area contributed by atoms with E-state index in [4.69, 9.17) is 4.74 Å². The Morgan fingerprint density at radius 2 is 2.40 bits per heavy atom. The predicted molar refractivity (Wildman–Crippen MR) is 77.7 cm³/mol. The first kappa shape index (κ1) is 15.0. The van der Waals surface area contributed by atoms with Crippen LogP contribution in [0, 0.1) is 5.92 Å². The SMILES string of the molecule is CCCCCc1cc(C(=O)NCC2CCOC2)n(C)n1. The lowest BCUT2D eigenvalue weighted by Gasteiger charge is -2.09. The van der Waals surface area contributed by atoms with Crippen LogP contribution in [-0.4, -0.2) is 35.4 Å². The molecule has 5 heteroatoms. The Bertz CT molecular complexity index is 436. The molecule has 20 heavy (non-hydrogen) atoms. The van der Waals surface area contributed by atoms with Crippen LogP contribution in [0.2, 0.25) is 0 Å². The number of aryl methyl sites for hydroxylation is 2. The Hall–Kier alpha value is -1.36. The van der Waals surface area contributed by atoms with E-state index >= 15 is 0 Å². The quantitative estimate of drug-likeness (QED) is 0.776. The number of unbranched alkanes of at least 4 members (excludes halogenated alkanes) is 2. The maximum absolute atomic E-state index is 12.2. The van der Waals surface area contributed by atoms with Crippen LogP contribution in [0.4, 0.5) is 0 Å². The summed E-state index contributed by atoms with van der Waals surface area (Å²) in [6, 6.07) is 1.91. The Morgan fingerprint density at radius 3 is 3.10 bits per heavy atom. The van der Waals surface area contributed by atoms with Crippen LogP contribution in [0.1, 0.15) is 48.8 Å². The van der Waals surface area contributed by atoms with Crippen molar-refractivity contribution in [2.45, 2.75) is 39.0 Å². The largest absolute Gasteiger partial charge is 0.381 e. The molecule has 1 N–H and O–H groups in total. The van der Waals surface area contributed by atoms with Crippen molar-refractivity contribution in [2.75, 3.05) is 19.8 Å². The normalized spacial score (nSPS) is 18.4. The van der Waals surface area contributed by atoms with Crippen molar-refractivity contribution in [3.8, 4) is 0 Å². The molecule has 0 saturated carbocycles. The van der Waals surface area contributed by atoms with E-state index in [0.717, 1.165) is 38.2 Å². The van der Waals surface area contributed by atoms with Gasteiger partial charge < -0.3 is 10.1 Å². The number of ether oxygens (including phenoxy) is 1. The molecule has 1 fully saturated rings. The zero-order valence-electron chi connectivity index (χ0n) is 12.5. The second kappa shape index (κ2) is 7.43. The van der Waals surface area contributed by atoms with Gasteiger partial charge in [-0.25, -0.2) is 0 Å². The molecule has 0 aliphatic carbocycles. The molecule has 1 aliphatic rings. The van der Waals surface area contributed by atoms with Crippen LogP contribution >= 0.6 is 0 Å². The van der Waals surface area contributed by atoms with E-state index in [1.54, 1.807) is 4.68 Å². The summed E-state index contributed by atoms with van der Waals surface area (Å²) in [7, 11) is 1.83. The van der Waals surface area contributed by atoms with Gasteiger partial charge in [0.05, 0.1) is 12.3 Å². The first-order chi connectivity index (χ1) is 9.70. The van der Waals surface area contributed by atoms with Crippen molar-refractivity contribution < 1.29 is 9.53 Å². The van der Waals surface area contributed by atoms with E-state index in [1.165, 1.54) is 12.8 Å². The molecule has 0 bridgehead atoms. The van der Waals surface area contributed by atoms with Gasteiger partial charge in [0.2, 0.25) is 0 Å². The van der Waals surface area contributed by atoms with Crippen LogP contribution in [0.5, 0.6) is 0 Å². The summed E-state index contributed by atoms with van der Waals surface area (Å²) in [6.07, 6.45) is 5.52. The van der Waals surface area contributed by atoms with Gasteiger partial charge in [0.25, 0.3) is 5.91 Å². The highest BCUT2D eigenvalue weighted by Crippen LogP contribution is 2.12. The van der Waals surface area contributed by atoms with Gasteiger partial charge >= 0.3 is 0 Å². The second-order valence-electron chi connectivity index (χ2n) is 5.54. The van der Waals surface area contributed by atoms with Crippen molar-refractivity contribution in [1.82, 2.24) is 15.1 Å². The summed E-state index contributed by atoms with van der Waals surface area (Å²) in [5.74, 6) is 0.421. The van der Waals surface area contributed by atoms with Gasteiger partial charge in [-0.15, -0.1) is 0 Å². The van der Waals surface area contributed by atoms with Gasteiger partial charge in [-0.3, -0.25) is 9.48 Å². The van der Waals surface area contributed by atoms with Gasteiger partial charge in [0.1, 0.15) is 5.69 Å². The van der Waals surface area contributed by atoms with Crippen molar-refractivity contribution in [1.29, 1.82) is 0 Å². The first-order valence-corrected chi connectivity index (χ1v) is 7.59. The molecule has 0 spiro atoms. The maximum atomic E-state index is 12.2. The monoisotopic (exact) mass is 279 g/mol. The van der Waals surface area contributed by atoms with E-state index in [1.807, 2.05) is 13.1 Å². The van der Waals surface area contributed by atoms with Gasteiger partial charge in [-0.2, -0.15) is 5.10 Å². The molecule has 0 radical (unpaired) electrons. The summed E-state index contributed by atoms with van der Waals surface area (Å²) in [4.78, 5) is 12.2. The highest BCUT2D eigenvalue weighted by atomic mass is 16.5. The Balaban J connectivity index is 1.85. The minimum absolute atomic E-state index is 0.0337. The molecule has 1 aromatic rings. The third-order valence-electron chi connectivity index (χ3n) is 3.77. The van der Waals surface area contributed by atoms with Crippen LogP contribution in [0.25, 0.3) is 0 Å². The summed E-state index contributed by atoms with van der Waals surface area (Å²) < 4.78 is 6.99. The van der Waals surface area contributed by atoms with Gasteiger partial charge in [-0.1, -0.05) is 19.8 Å². The van der Waals surface area contributed by atoms with Gasteiger partial charge in [-0.05, 0) is 25.3 Å². The minimum atomic E-state index is -0.0337. The molecule has 2 heterocycles. The molecule has 1 aliphatic heterocycles. The molecule has 1 saturated heterocycles. The van der Waals surface area contributed by atoms with E-state index in [2.05, 4.69) is 17.3 Å². The van der Waals surface area contributed by atoms with Crippen molar-refractivity contribution >= 4 is 5.91 Å². The van der Waals surface area contributed by atoms with Crippen LogP contribution in [-0.2, 0) is 18.2 Å². The number of hydrogen-bond acceptors (Lipinski definition) is 3. The average molecular weight is 279 g/mol. The smallest absolute Gasteiger partial charge is 0.269 e. The standard InChI is InChI=1S/C15H25N3O2/c1-3-4-5-6-13-9-14(18(2)17-13)15(19)16-10-12-7-8-20-11-12/h9,12H,3-8,10-11H2,1-2H3,(H,16,19). The lowest BCUT2D eigenvalue weighted by molar-refractivity contribution is 0.0935. The molecule has 1 atom stereocenters. The molecule has 2 rings (SSSR count). The van der Waals surface area contributed by atoms with Gasteiger partial charge in [0.15, 0.2) is 0 Å². The number of nitrogens with zero attached hydrogens (tertiary/aromatic N) is 2. The van der Waals surface area contributed by atoms with Gasteiger partial charge in [0, 0.05) is 26.1 Å². The molecule has 1 amide bonds. The van der Waals surface area contributed by atoms with Crippen molar-refractivity contribution in [3.63, 3.8) is 0 Å². The number of hydrogen-bond donors (Lipinski definition) is 1. The van der Waals surface area contributed by atoms with E-state index in [0.29, 0.717) is 18.2 Å². The molecule has 1 unspecified atom stereocenters. The molecular formula is C15H25N3O2. The number of amides is 1. The number of carbonyl (C=O) groups is 1. The number of carbonyl (C=O) groups excluding carboxylic acids is 1. The summed E-state index contributed by atoms with van der Waals surface area (Å²) >= 11 is 0. The second-order valence-corrected chi connectivity index (χ2v) is 5.54. The summed E-state index contributed by atoms with van der Waals surface area (Å²) in [5.41, 5.74) is 1.66. The Morgan fingerprint density at radius 1 is 1.55 bits per heavy atom. The molecule has 112 valence electrons. The predicted octanol–water partition coefficient (Wildman–Crippen LogP) is 1.92. The maximum Gasteiger partial charge on any atom is 0.269 e. The lowest BCUT2D eigenvalue weighted by atomic mass is 10.1. The fourth-order valence-electron chi connectivity index (χ4n) is 2.49. The van der Waals surface area contributed by atoms with E-state index in [9.17, 15) is 4.79 Å². The number of aromatic nitrogens is 2. The summed E-state index contributed by atoms with van der Waals surface area (Å²) in [6.45, 7) is 4.45. The Kier molecular flexibility index (Phi) is 5.59. The van der Waals surface area contributed by atoms with Crippen LogP contribution < -0.4 is 5.32 Å². The third kappa shape index (κ3) is 4.07. The molecule has 0 aromatic carbocycles. The fraction of sp³-hybridized carbons (Fsp3) is 0.733. The first-order valence-electron chi connectivity index (χ1n) is 7.59. The molecule has 5 nitrogen and oxygen atoms in total. The topological polar surface area (TPSA) is 56.1 Å². The van der Waals surface area contributed by atoms with Crippen molar-refractivity contribution in [3.05, 3.63) is 17.5 Å². The molecule has 1 aromatic heterocycles. The summed E-state index contributed by atoms with van der Waals surface area (Å²) in [5, 5.41) is 7.40.